The van der Waals surface area contributed by atoms with Crippen LogP contribution in [0.3, 0.4) is 0 Å². The molecule has 2 heterocycles. The maximum Gasteiger partial charge on any atom is 0.205 e. The van der Waals surface area contributed by atoms with Crippen LogP contribution in [-0.2, 0) is 6.42 Å². The molecule has 96 valence electrons. The molecule has 5 heteroatoms. The first-order chi connectivity index (χ1) is 9.33. The number of nitrogens with one attached hydrogen (secondary N) is 1. The molecule has 0 aliphatic rings. The van der Waals surface area contributed by atoms with Gasteiger partial charge < -0.3 is 5.32 Å². The predicted molar refractivity (Wildman–Crippen MR) is 78.6 cm³/mol. The molecule has 0 radical (unpaired) electrons. The van der Waals surface area contributed by atoms with Crippen LogP contribution in [-0.4, -0.2) is 21.7 Å². The van der Waals surface area contributed by atoms with Gasteiger partial charge in [-0.25, -0.2) is 0 Å². The summed E-state index contributed by atoms with van der Waals surface area (Å²) in [6.45, 7) is 2.79. The zero-order chi connectivity index (χ0) is 13.1. The van der Waals surface area contributed by atoms with Crippen LogP contribution in [0.25, 0.3) is 10.9 Å². The highest BCUT2D eigenvalue weighted by atomic mass is 32.1. The first-order valence-corrected chi connectivity index (χ1v) is 7.01. The van der Waals surface area contributed by atoms with Crippen molar-refractivity contribution in [2.45, 2.75) is 13.3 Å². The van der Waals surface area contributed by atoms with Crippen LogP contribution < -0.4 is 5.32 Å². The summed E-state index contributed by atoms with van der Waals surface area (Å²) < 4.78 is 0. The number of rotatable bonds is 4. The summed E-state index contributed by atoms with van der Waals surface area (Å²) >= 11 is 1.58. The third-order valence-electron chi connectivity index (χ3n) is 2.91. The number of para-hydroxylation sites is 1. The minimum Gasteiger partial charge on any atom is -0.360 e. The van der Waals surface area contributed by atoms with E-state index in [2.05, 4.69) is 44.8 Å². The Hall–Kier alpha value is -2.01. The van der Waals surface area contributed by atoms with Crippen molar-refractivity contribution in [1.29, 1.82) is 0 Å². The zero-order valence-electron chi connectivity index (χ0n) is 10.6. The van der Waals surface area contributed by atoms with Gasteiger partial charge in [0.2, 0.25) is 5.13 Å². The molecule has 0 bridgehead atoms. The Morgan fingerprint density at radius 1 is 1.16 bits per heavy atom. The average Bonchev–Trinajstić information content (AvgIpc) is 2.85. The summed E-state index contributed by atoms with van der Waals surface area (Å²) in [5.74, 6) is 0. The number of hydrogen-bond acceptors (Lipinski definition) is 5. The standard InChI is InChI=1S/C14H14N4S/c1-10-17-18-14(19-10)16-9-7-12-5-2-4-11-6-3-8-15-13(11)12/h2-6,8H,7,9H2,1H3,(H,16,18). The summed E-state index contributed by atoms with van der Waals surface area (Å²) in [4.78, 5) is 4.46. The second-order valence-electron chi connectivity index (χ2n) is 4.30. The van der Waals surface area contributed by atoms with E-state index < -0.39 is 0 Å². The topological polar surface area (TPSA) is 50.7 Å². The van der Waals surface area contributed by atoms with Crippen molar-refractivity contribution < 1.29 is 0 Å². The van der Waals surface area contributed by atoms with Gasteiger partial charge in [-0.2, -0.15) is 0 Å². The van der Waals surface area contributed by atoms with E-state index in [1.54, 1.807) is 11.3 Å². The Balaban J connectivity index is 1.71. The molecule has 0 aliphatic heterocycles. The van der Waals surface area contributed by atoms with Crippen molar-refractivity contribution >= 4 is 27.4 Å². The first kappa shape index (κ1) is 12.0. The van der Waals surface area contributed by atoms with E-state index in [1.807, 2.05) is 19.2 Å². The Labute approximate surface area is 115 Å². The van der Waals surface area contributed by atoms with Gasteiger partial charge in [-0.1, -0.05) is 35.6 Å². The Morgan fingerprint density at radius 2 is 2.05 bits per heavy atom. The fourth-order valence-corrected chi connectivity index (χ4v) is 2.66. The third kappa shape index (κ3) is 2.71. The quantitative estimate of drug-likeness (QED) is 0.791. The number of pyridine rings is 1. The number of fused-ring (bicyclic) bond motifs is 1. The van der Waals surface area contributed by atoms with Gasteiger partial charge >= 0.3 is 0 Å². The normalized spacial score (nSPS) is 10.8. The first-order valence-electron chi connectivity index (χ1n) is 6.19. The van der Waals surface area contributed by atoms with E-state index in [9.17, 15) is 0 Å². The maximum absolute atomic E-state index is 4.46. The highest BCUT2D eigenvalue weighted by Gasteiger charge is 2.03. The highest BCUT2D eigenvalue weighted by Crippen LogP contribution is 2.17. The lowest BCUT2D eigenvalue weighted by Gasteiger charge is -2.05. The number of anilines is 1. The number of nitrogens with zero attached hydrogens (tertiary/aromatic N) is 3. The van der Waals surface area contributed by atoms with Gasteiger partial charge in [-0.15, -0.1) is 10.2 Å². The van der Waals surface area contributed by atoms with Crippen molar-refractivity contribution in [3.05, 3.63) is 47.1 Å². The third-order valence-corrected chi connectivity index (χ3v) is 3.71. The van der Waals surface area contributed by atoms with E-state index in [-0.39, 0.29) is 0 Å². The molecule has 0 unspecified atom stereocenters. The van der Waals surface area contributed by atoms with Crippen molar-refractivity contribution in [3.8, 4) is 0 Å². The van der Waals surface area contributed by atoms with Crippen LogP contribution in [0.2, 0.25) is 0 Å². The number of aromatic nitrogens is 3. The molecule has 0 atom stereocenters. The van der Waals surface area contributed by atoms with Crippen molar-refractivity contribution in [1.82, 2.24) is 15.2 Å². The molecule has 2 aromatic heterocycles. The summed E-state index contributed by atoms with van der Waals surface area (Å²) in [5.41, 5.74) is 2.34. The summed E-state index contributed by atoms with van der Waals surface area (Å²) in [6.07, 6.45) is 2.76. The molecule has 0 spiro atoms. The van der Waals surface area contributed by atoms with E-state index in [0.717, 1.165) is 28.6 Å². The van der Waals surface area contributed by atoms with Crippen LogP contribution in [0.5, 0.6) is 0 Å². The predicted octanol–water partition coefficient (Wildman–Crippen LogP) is 3.05. The van der Waals surface area contributed by atoms with E-state index in [4.69, 9.17) is 0 Å². The number of aryl methyl sites for hydroxylation is 1. The average molecular weight is 270 g/mol. The molecule has 1 aromatic carbocycles. The molecule has 3 rings (SSSR count). The zero-order valence-corrected chi connectivity index (χ0v) is 11.4. The van der Waals surface area contributed by atoms with Gasteiger partial charge in [0.1, 0.15) is 5.01 Å². The molecule has 4 nitrogen and oxygen atoms in total. The monoisotopic (exact) mass is 270 g/mol. The fourth-order valence-electron chi connectivity index (χ4n) is 2.04. The molecule has 0 amide bonds. The summed E-state index contributed by atoms with van der Waals surface area (Å²) in [5, 5.41) is 14.4. The van der Waals surface area contributed by atoms with E-state index >= 15 is 0 Å². The van der Waals surface area contributed by atoms with Crippen LogP contribution in [0, 0.1) is 6.92 Å². The van der Waals surface area contributed by atoms with E-state index in [0.29, 0.717) is 0 Å². The van der Waals surface area contributed by atoms with Gasteiger partial charge in [0, 0.05) is 18.1 Å². The molecule has 0 fully saturated rings. The Bertz CT molecular complexity index is 687. The van der Waals surface area contributed by atoms with Gasteiger partial charge in [0.25, 0.3) is 0 Å². The second kappa shape index (κ2) is 5.32. The van der Waals surface area contributed by atoms with Gasteiger partial charge in [-0.05, 0) is 25.0 Å². The minimum atomic E-state index is 0.838. The summed E-state index contributed by atoms with van der Waals surface area (Å²) in [7, 11) is 0. The lowest BCUT2D eigenvalue weighted by Crippen LogP contribution is -2.05. The second-order valence-corrected chi connectivity index (χ2v) is 5.48. The molecule has 19 heavy (non-hydrogen) atoms. The number of hydrogen-bond donors (Lipinski definition) is 1. The molecule has 0 saturated heterocycles. The SMILES string of the molecule is Cc1nnc(NCCc2cccc3cccnc23)s1. The minimum absolute atomic E-state index is 0.838. The van der Waals surface area contributed by atoms with Crippen LogP contribution in [0.1, 0.15) is 10.6 Å². The molecule has 3 aromatic rings. The van der Waals surface area contributed by atoms with Gasteiger partial charge in [-0.3, -0.25) is 4.98 Å². The van der Waals surface area contributed by atoms with Crippen LogP contribution in [0.15, 0.2) is 36.5 Å². The van der Waals surface area contributed by atoms with Gasteiger partial charge in [0.05, 0.1) is 5.52 Å². The van der Waals surface area contributed by atoms with Crippen molar-refractivity contribution in [2.24, 2.45) is 0 Å². The summed E-state index contributed by atoms with van der Waals surface area (Å²) in [6, 6.07) is 10.4. The Morgan fingerprint density at radius 3 is 2.89 bits per heavy atom. The van der Waals surface area contributed by atoms with Gasteiger partial charge in [0.15, 0.2) is 0 Å². The Kier molecular flexibility index (Phi) is 3.37. The largest absolute Gasteiger partial charge is 0.360 e. The van der Waals surface area contributed by atoms with Crippen molar-refractivity contribution in [3.63, 3.8) is 0 Å². The maximum atomic E-state index is 4.46. The number of benzene rings is 1. The fraction of sp³-hybridized carbons (Fsp3) is 0.214. The van der Waals surface area contributed by atoms with Crippen molar-refractivity contribution in [2.75, 3.05) is 11.9 Å². The molecule has 1 N–H and O–H groups in total. The molecule has 0 saturated carbocycles. The van der Waals surface area contributed by atoms with Crippen LogP contribution >= 0.6 is 11.3 Å². The molecule has 0 aliphatic carbocycles. The van der Waals surface area contributed by atoms with E-state index in [1.165, 1.54) is 10.9 Å². The smallest absolute Gasteiger partial charge is 0.205 e. The lowest BCUT2D eigenvalue weighted by molar-refractivity contribution is 0.989. The molecular weight excluding hydrogens is 256 g/mol. The lowest BCUT2D eigenvalue weighted by atomic mass is 10.1. The van der Waals surface area contributed by atoms with Crippen LogP contribution in [0.4, 0.5) is 5.13 Å². The molecular formula is C14H14N4S. The highest BCUT2D eigenvalue weighted by molar-refractivity contribution is 7.15.